The summed E-state index contributed by atoms with van der Waals surface area (Å²) in [6.45, 7) is 9.47. The van der Waals surface area contributed by atoms with Crippen molar-refractivity contribution in [3.63, 3.8) is 0 Å². The summed E-state index contributed by atoms with van der Waals surface area (Å²) in [5.41, 5.74) is 1.32. The molecule has 2 aliphatic rings. The Bertz CT molecular complexity index is 474. The summed E-state index contributed by atoms with van der Waals surface area (Å²) in [5.74, 6) is 1.72. The van der Waals surface area contributed by atoms with Gasteiger partial charge in [0.1, 0.15) is 5.75 Å². The molecule has 0 saturated carbocycles. The van der Waals surface area contributed by atoms with E-state index in [9.17, 15) is 0 Å². The molecule has 0 radical (unpaired) electrons. The highest BCUT2D eigenvalue weighted by molar-refractivity contribution is 5.33. The number of para-hydroxylation sites is 1. The molecule has 0 aliphatic carbocycles. The lowest BCUT2D eigenvalue weighted by Crippen LogP contribution is -2.57. The lowest BCUT2D eigenvalue weighted by atomic mass is 9.96. The molecule has 0 amide bonds. The highest BCUT2D eigenvalue weighted by atomic mass is 16.5. The number of methoxy groups -OCH3 is 1. The number of hydrogen-bond donors (Lipinski definition) is 0. The van der Waals surface area contributed by atoms with Crippen LogP contribution in [-0.2, 0) is 6.54 Å². The van der Waals surface area contributed by atoms with Crippen LogP contribution in [0.4, 0.5) is 0 Å². The van der Waals surface area contributed by atoms with E-state index in [4.69, 9.17) is 4.74 Å². The van der Waals surface area contributed by atoms with E-state index in [-0.39, 0.29) is 0 Å². The van der Waals surface area contributed by atoms with Crippen molar-refractivity contribution in [3.05, 3.63) is 29.8 Å². The number of rotatable bonds is 4. The van der Waals surface area contributed by atoms with Gasteiger partial charge >= 0.3 is 0 Å². The van der Waals surface area contributed by atoms with Crippen molar-refractivity contribution in [2.45, 2.75) is 45.3 Å². The molecule has 116 valence electrons. The molecule has 2 aliphatic heterocycles. The van der Waals surface area contributed by atoms with Crippen LogP contribution in [0.1, 0.15) is 32.3 Å². The van der Waals surface area contributed by atoms with Crippen LogP contribution in [0.3, 0.4) is 0 Å². The first-order valence-electron chi connectivity index (χ1n) is 8.29. The molecular weight excluding hydrogens is 260 g/mol. The topological polar surface area (TPSA) is 15.7 Å². The molecule has 0 bridgehead atoms. The van der Waals surface area contributed by atoms with Crippen molar-refractivity contribution in [1.29, 1.82) is 0 Å². The Hall–Kier alpha value is -1.06. The predicted molar refractivity (Wildman–Crippen MR) is 86.6 cm³/mol. The van der Waals surface area contributed by atoms with Gasteiger partial charge in [0, 0.05) is 37.3 Å². The van der Waals surface area contributed by atoms with Crippen molar-refractivity contribution in [2.75, 3.05) is 26.7 Å². The van der Waals surface area contributed by atoms with E-state index in [1.54, 1.807) is 7.11 Å². The fraction of sp³-hybridized carbons (Fsp3) is 0.667. The molecule has 2 atom stereocenters. The van der Waals surface area contributed by atoms with Gasteiger partial charge in [0.25, 0.3) is 0 Å². The van der Waals surface area contributed by atoms with E-state index in [0.29, 0.717) is 12.0 Å². The molecule has 3 heteroatoms. The fourth-order valence-corrected chi connectivity index (χ4v) is 3.97. The second-order valence-electron chi connectivity index (χ2n) is 6.84. The summed E-state index contributed by atoms with van der Waals surface area (Å²) in [5, 5.41) is 0. The van der Waals surface area contributed by atoms with E-state index in [0.717, 1.165) is 18.3 Å². The maximum atomic E-state index is 5.53. The summed E-state index contributed by atoms with van der Waals surface area (Å²) >= 11 is 0. The number of hydrogen-bond acceptors (Lipinski definition) is 3. The molecule has 21 heavy (non-hydrogen) atoms. The van der Waals surface area contributed by atoms with Gasteiger partial charge in [-0.15, -0.1) is 0 Å². The van der Waals surface area contributed by atoms with E-state index < -0.39 is 0 Å². The summed E-state index contributed by atoms with van der Waals surface area (Å²) in [6.07, 6.45) is 2.74. The van der Waals surface area contributed by atoms with Gasteiger partial charge < -0.3 is 4.74 Å². The zero-order valence-electron chi connectivity index (χ0n) is 13.6. The van der Waals surface area contributed by atoms with Gasteiger partial charge in [-0.2, -0.15) is 0 Å². The van der Waals surface area contributed by atoms with Crippen LogP contribution in [0.25, 0.3) is 0 Å². The van der Waals surface area contributed by atoms with Crippen LogP contribution in [0, 0.1) is 5.92 Å². The summed E-state index contributed by atoms with van der Waals surface area (Å²) in [6, 6.07) is 9.88. The second-order valence-corrected chi connectivity index (χ2v) is 6.84. The van der Waals surface area contributed by atoms with Gasteiger partial charge in [-0.1, -0.05) is 32.0 Å². The standard InChI is InChI=1S/C18H28N2O/c1-14(2)17-13-19-10-6-8-16(19)12-20(17)11-15-7-4-5-9-18(15)21-3/h4-5,7,9,14,16-17H,6,8,10-13H2,1-3H3. The molecular formula is C18H28N2O. The van der Waals surface area contributed by atoms with E-state index in [1.807, 2.05) is 0 Å². The zero-order valence-corrected chi connectivity index (χ0v) is 13.6. The predicted octanol–water partition coefficient (Wildman–Crippen LogP) is 3.00. The van der Waals surface area contributed by atoms with Crippen LogP contribution >= 0.6 is 0 Å². The molecule has 2 unspecified atom stereocenters. The van der Waals surface area contributed by atoms with E-state index >= 15 is 0 Å². The number of fused-ring (bicyclic) bond motifs is 1. The number of ether oxygens (including phenoxy) is 1. The van der Waals surface area contributed by atoms with E-state index in [2.05, 4.69) is 47.9 Å². The van der Waals surface area contributed by atoms with Gasteiger partial charge in [-0.25, -0.2) is 0 Å². The first-order chi connectivity index (χ1) is 10.2. The monoisotopic (exact) mass is 288 g/mol. The van der Waals surface area contributed by atoms with Crippen LogP contribution in [0.5, 0.6) is 5.75 Å². The molecule has 3 rings (SSSR count). The third kappa shape index (κ3) is 3.09. The lowest BCUT2D eigenvalue weighted by molar-refractivity contribution is 0.0235. The lowest BCUT2D eigenvalue weighted by Gasteiger charge is -2.45. The third-order valence-corrected chi connectivity index (χ3v) is 5.17. The summed E-state index contributed by atoms with van der Waals surface area (Å²) in [4.78, 5) is 5.40. The molecule has 0 aromatic heterocycles. The van der Waals surface area contributed by atoms with Crippen molar-refractivity contribution < 1.29 is 4.74 Å². The zero-order chi connectivity index (χ0) is 14.8. The minimum absolute atomic E-state index is 0.657. The Kier molecular flexibility index (Phi) is 4.51. The smallest absolute Gasteiger partial charge is 0.123 e. The highest BCUT2D eigenvalue weighted by Gasteiger charge is 2.37. The SMILES string of the molecule is COc1ccccc1CN1CC2CCCN2CC1C(C)C. The average molecular weight is 288 g/mol. The van der Waals surface area contributed by atoms with Gasteiger partial charge in [-0.3, -0.25) is 9.80 Å². The van der Waals surface area contributed by atoms with Gasteiger partial charge in [0.15, 0.2) is 0 Å². The van der Waals surface area contributed by atoms with Crippen molar-refractivity contribution in [1.82, 2.24) is 9.80 Å². The minimum atomic E-state index is 0.657. The van der Waals surface area contributed by atoms with Crippen molar-refractivity contribution in [2.24, 2.45) is 5.92 Å². The fourth-order valence-electron chi connectivity index (χ4n) is 3.97. The molecule has 2 heterocycles. The van der Waals surface area contributed by atoms with Crippen molar-refractivity contribution >= 4 is 0 Å². The number of benzene rings is 1. The first kappa shape index (κ1) is 14.9. The first-order valence-corrected chi connectivity index (χ1v) is 8.29. The molecule has 0 spiro atoms. The quantitative estimate of drug-likeness (QED) is 0.847. The molecule has 2 saturated heterocycles. The molecule has 0 N–H and O–H groups in total. The highest BCUT2D eigenvalue weighted by Crippen LogP contribution is 2.30. The van der Waals surface area contributed by atoms with Crippen molar-refractivity contribution in [3.8, 4) is 5.75 Å². The van der Waals surface area contributed by atoms with Gasteiger partial charge in [-0.05, 0) is 31.4 Å². The number of nitrogens with zero attached hydrogens (tertiary/aromatic N) is 2. The summed E-state index contributed by atoms with van der Waals surface area (Å²) < 4.78 is 5.53. The second kappa shape index (κ2) is 6.37. The third-order valence-electron chi connectivity index (χ3n) is 5.17. The molecule has 3 nitrogen and oxygen atoms in total. The van der Waals surface area contributed by atoms with Gasteiger partial charge in [0.05, 0.1) is 7.11 Å². The Balaban J connectivity index is 1.78. The molecule has 1 aromatic rings. The Labute approximate surface area is 128 Å². The largest absolute Gasteiger partial charge is 0.496 e. The molecule has 1 aromatic carbocycles. The van der Waals surface area contributed by atoms with Crippen LogP contribution in [0.15, 0.2) is 24.3 Å². The Morgan fingerprint density at radius 2 is 2.05 bits per heavy atom. The summed E-state index contributed by atoms with van der Waals surface area (Å²) in [7, 11) is 1.77. The average Bonchev–Trinajstić information content (AvgIpc) is 2.94. The van der Waals surface area contributed by atoms with E-state index in [1.165, 1.54) is 38.0 Å². The normalized spacial score (nSPS) is 27.0. The van der Waals surface area contributed by atoms with Crippen LogP contribution in [-0.4, -0.2) is 48.6 Å². The van der Waals surface area contributed by atoms with Gasteiger partial charge in [0.2, 0.25) is 0 Å². The van der Waals surface area contributed by atoms with Crippen LogP contribution < -0.4 is 4.74 Å². The maximum Gasteiger partial charge on any atom is 0.123 e. The minimum Gasteiger partial charge on any atom is -0.496 e. The Morgan fingerprint density at radius 3 is 2.81 bits per heavy atom. The Morgan fingerprint density at radius 1 is 1.24 bits per heavy atom. The number of piperazine rings is 1. The molecule has 2 fully saturated rings. The van der Waals surface area contributed by atoms with Crippen LogP contribution in [0.2, 0.25) is 0 Å². The maximum absolute atomic E-state index is 5.53.